The van der Waals surface area contributed by atoms with Crippen molar-refractivity contribution in [1.82, 2.24) is 19.9 Å². The van der Waals surface area contributed by atoms with E-state index in [4.69, 9.17) is 17.0 Å². The van der Waals surface area contributed by atoms with E-state index < -0.39 is 10.0 Å². The Labute approximate surface area is 233 Å². The molecule has 1 saturated heterocycles. The Bertz CT molecular complexity index is 1610. The van der Waals surface area contributed by atoms with E-state index >= 15 is 0 Å². The SMILES string of the molecule is COc1ccc(N2C(=S)N[C@H](c3ccccn3)[C@@H]2c2cc(C)n(Cc3cccnc3)c2C)cc1NS(C)(=O)=O. The predicted octanol–water partition coefficient (Wildman–Crippen LogP) is 4.50. The van der Waals surface area contributed by atoms with Crippen LogP contribution in [0.4, 0.5) is 11.4 Å². The van der Waals surface area contributed by atoms with E-state index in [9.17, 15) is 8.42 Å². The lowest BCUT2D eigenvalue weighted by atomic mass is 9.96. The fourth-order valence-corrected chi connectivity index (χ4v) is 6.02. The smallest absolute Gasteiger partial charge is 0.229 e. The van der Waals surface area contributed by atoms with E-state index in [2.05, 4.69) is 50.6 Å². The lowest BCUT2D eigenvalue weighted by Crippen LogP contribution is -2.29. The van der Waals surface area contributed by atoms with E-state index in [1.807, 2.05) is 41.4 Å². The summed E-state index contributed by atoms with van der Waals surface area (Å²) in [6.07, 6.45) is 6.53. The average molecular weight is 563 g/mol. The maximum atomic E-state index is 12.1. The van der Waals surface area contributed by atoms with Crippen molar-refractivity contribution >= 4 is 38.7 Å². The van der Waals surface area contributed by atoms with E-state index in [0.29, 0.717) is 23.1 Å². The molecule has 39 heavy (non-hydrogen) atoms. The summed E-state index contributed by atoms with van der Waals surface area (Å²) in [5.74, 6) is 0.412. The van der Waals surface area contributed by atoms with Gasteiger partial charge in [0.2, 0.25) is 10.0 Å². The van der Waals surface area contributed by atoms with Crippen LogP contribution in [0.2, 0.25) is 0 Å². The quantitative estimate of drug-likeness (QED) is 0.303. The molecule has 4 heterocycles. The second-order valence-electron chi connectivity index (χ2n) is 9.53. The Balaban J connectivity index is 1.64. The molecule has 0 spiro atoms. The van der Waals surface area contributed by atoms with Crippen molar-refractivity contribution in [3.8, 4) is 5.75 Å². The summed E-state index contributed by atoms with van der Waals surface area (Å²) in [5, 5.41) is 3.99. The Kier molecular flexibility index (Phi) is 7.28. The van der Waals surface area contributed by atoms with Gasteiger partial charge in [-0.3, -0.25) is 14.7 Å². The van der Waals surface area contributed by atoms with Crippen molar-refractivity contribution in [2.75, 3.05) is 23.0 Å². The number of benzene rings is 1. The van der Waals surface area contributed by atoms with Crippen molar-refractivity contribution in [3.63, 3.8) is 0 Å². The van der Waals surface area contributed by atoms with Crippen molar-refractivity contribution in [1.29, 1.82) is 0 Å². The molecule has 0 saturated carbocycles. The molecular formula is C28H30N6O3S2. The standard InChI is InChI=1S/C28H30N6O3S2/c1-18-14-22(19(2)33(18)17-20-8-7-12-29-16-20)27-26(23-9-5-6-13-30-23)31-28(38)34(27)21-10-11-25(37-3)24(15-21)32-39(4,35)36/h5-16,26-27,32H,17H2,1-4H3,(H,31,38)/t26-,27+/m1/s1. The normalized spacial score (nSPS) is 17.2. The van der Waals surface area contributed by atoms with Crippen LogP contribution in [-0.4, -0.2) is 41.4 Å². The van der Waals surface area contributed by atoms with Crippen molar-refractivity contribution in [2.45, 2.75) is 32.5 Å². The molecule has 0 amide bonds. The number of pyridine rings is 2. The van der Waals surface area contributed by atoms with Crippen LogP contribution in [0.1, 0.15) is 40.3 Å². The zero-order valence-corrected chi connectivity index (χ0v) is 23.8. The molecule has 1 aromatic carbocycles. The number of methoxy groups -OCH3 is 1. The minimum absolute atomic E-state index is 0.237. The Morgan fingerprint density at radius 2 is 1.92 bits per heavy atom. The molecule has 1 aliphatic rings. The third-order valence-electron chi connectivity index (χ3n) is 6.85. The zero-order valence-electron chi connectivity index (χ0n) is 22.1. The molecule has 0 unspecified atom stereocenters. The Morgan fingerprint density at radius 1 is 1.10 bits per heavy atom. The lowest BCUT2D eigenvalue weighted by Gasteiger charge is -2.29. The van der Waals surface area contributed by atoms with Crippen LogP contribution < -0.4 is 19.7 Å². The van der Waals surface area contributed by atoms with Crippen LogP contribution >= 0.6 is 12.2 Å². The van der Waals surface area contributed by atoms with Gasteiger partial charge >= 0.3 is 0 Å². The number of aryl methyl sites for hydroxylation is 1. The van der Waals surface area contributed by atoms with Crippen LogP contribution in [0.5, 0.6) is 5.75 Å². The van der Waals surface area contributed by atoms with Gasteiger partial charge in [-0.1, -0.05) is 12.1 Å². The van der Waals surface area contributed by atoms with Gasteiger partial charge in [0.25, 0.3) is 0 Å². The monoisotopic (exact) mass is 562 g/mol. The maximum Gasteiger partial charge on any atom is 0.229 e. The summed E-state index contributed by atoms with van der Waals surface area (Å²) in [6, 6.07) is 16.9. The number of sulfonamides is 1. The summed E-state index contributed by atoms with van der Waals surface area (Å²) < 4.78 is 34.4. The summed E-state index contributed by atoms with van der Waals surface area (Å²) >= 11 is 5.88. The van der Waals surface area contributed by atoms with Gasteiger partial charge in [0.05, 0.1) is 36.8 Å². The molecule has 9 nitrogen and oxygen atoms in total. The first-order valence-electron chi connectivity index (χ1n) is 12.4. The number of rotatable bonds is 8. The molecule has 0 bridgehead atoms. The Hall–Kier alpha value is -3.96. The molecule has 11 heteroatoms. The second-order valence-corrected chi connectivity index (χ2v) is 11.7. The lowest BCUT2D eigenvalue weighted by molar-refractivity contribution is 0.417. The third kappa shape index (κ3) is 5.45. The van der Waals surface area contributed by atoms with Gasteiger partial charge in [-0.2, -0.15) is 0 Å². The molecule has 5 rings (SSSR count). The van der Waals surface area contributed by atoms with Crippen LogP contribution in [0.25, 0.3) is 0 Å². The first-order valence-corrected chi connectivity index (χ1v) is 14.7. The van der Waals surface area contributed by atoms with Crippen molar-refractivity contribution in [2.24, 2.45) is 0 Å². The largest absolute Gasteiger partial charge is 0.495 e. The molecule has 0 aliphatic carbocycles. The number of nitrogens with one attached hydrogen (secondary N) is 2. The highest BCUT2D eigenvalue weighted by Gasteiger charge is 2.42. The Morgan fingerprint density at radius 3 is 2.59 bits per heavy atom. The fraction of sp³-hybridized carbons (Fsp3) is 0.250. The number of nitrogens with zero attached hydrogens (tertiary/aromatic N) is 4. The third-order valence-corrected chi connectivity index (χ3v) is 7.75. The summed E-state index contributed by atoms with van der Waals surface area (Å²) in [4.78, 5) is 10.9. The highest BCUT2D eigenvalue weighted by Crippen LogP contribution is 2.44. The molecule has 202 valence electrons. The summed E-state index contributed by atoms with van der Waals surface area (Å²) in [7, 11) is -2.04. The number of hydrogen-bond acceptors (Lipinski definition) is 6. The molecule has 4 aromatic rings. The van der Waals surface area contributed by atoms with E-state index in [-0.39, 0.29) is 12.1 Å². The minimum Gasteiger partial charge on any atom is -0.495 e. The van der Waals surface area contributed by atoms with Gasteiger partial charge in [-0.25, -0.2) is 8.42 Å². The first kappa shape index (κ1) is 26.6. The topological polar surface area (TPSA) is 101 Å². The highest BCUT2D eigenvalue weighted by molar-refractivity contribution is 7.92. The molecule has 2 atom stereocenters. The number of anilines is 2. The van der Waals surface area contributed by atoms with Crippen LogP contribution in [0, 0.1) is 13.8 Å². The van der Waals surface area contributed by atoms with Gasteiger partial charge in [0.1, 0.15) is 5.75 Å². The van der Waals surface area contributed by atoms with Gasteiger partial charge in [-0.15, -0.1) is 0 Å². The van der Waals surface area contributed by atoms with Crippen LogP contribution in [0.3, 0.4) is 0 Å². The minimum atomic E-state index is -3.54. The van der Waals surface area contributed by atoms with E-state index in [0.717, 1.165) is 40.2 Å². The zero-order chi connectivity index (χ0) is 27.7. The van der Waals surface area contributed by atoms with Crippen LogP contribution in [-0.2, 0) is 16.6 Å². The second kappa shape index (κ2) is 10.7. The highest BCUT2D eigenvalue weighted by atomic mass is 32.2. The van der Waals surface area contributed by atoms with E-state index in [1.165, 1.54) is 7.11 Å². The van der Waals surface area contributed by atoms with Gasteiger partial charge in [-0.05, 0) is 79.7 Å². The molecule has 1 aliphatic heterocycles. The molecule has 2 N–H and O–H groups in total. The molecule has 0 radical (unpaired) electrons. The van der Waals surface area contributed by atoms with Crippen molar-refractivity contribution in [3.05, 3.63) is 101 Å². The average Bonchev–Trinajstić information content (AvgIpc) is 3.39. The summed E-state index contributed by atoms with van der Waals surface area (Å²) in [6.45, 7) is 4.89. The predicted molar refractivity (Wildman–Crippen MR) is 157 cm³/mol. The first-order chi connectivity index (χ1) is 18.7. The molecule has 1 fully saturated rings. The van der Waals surface area contributed by atoms with Gasteiger partial charge in [0, 0.05) is 42.2 Å². The molecule has 3 aromatic heterocycles. The van der Waals surface area contributed by atoms with Crippen LogP contribution in [0.15, 0.2) is 73.2 Å². The van der Waals surface area contributed by atoms with Gasteiger partial charge < -0.3 is 19.5 Å². The maximum absolute atomic E-state index is 12.1. The molecular weight excluding hydrogens is 532 g/mol. The number of hydrogen-bond donors (Lipinski definition) is 2. The van der Waals surface area contributed by atoms with Crippen molar-refractivity contribution < 1.29 is 13.2 Å². The number of ether oxygens (including phenoxy) is 1. The van der Waals surface area contributed by atoms with Gasteiger partial charge in [0.15, 0.2) is 5.11 Å². The number of aromatic nitrogens is 3. The van der Waals surface area contributed by atoms with E-state index in [1.54, 1.807) is 24.5 Å². The fourth-order valence-electron chi connectivity index (χ4n) is 5.12. The number of thiocarbonyl (C=S) groups is 1. The summed E-state index contributed by atoms with van der Waals surface area (Å²) in [5.41, 5.74) is 6.32.